The standard InChI is InChI=1S/C19H32N4OS.HI/c1-19(8-4-11-24-19)15-22-18(20-2)21-13-16-6-9-23(10-7-16)14-17-5-3-12-25-17;/h3,5,12,16H,4,6-11,13-15H2,1-2H3,(H2,20,21,22);1H. The van der Waals surface area contributed by atoms with Crippen molar-refractivity contribution in [2.45, 2.75) is 44.8 Å². The van der Waals surface area contributed by atoms with Crippen LogP contribution in [-0.2, 0) is 11.3 Å². The Balaban J connectivity index is 0.00000243. The van der Waals surface area contributed by atoms with Gasteiger partial charge in [0.15, 0.2) is 5.96 Å². The SMILES string of the molecule is CN=C(NCC1CCN(Cc2cccs2)CC1)NCC1(C)CCCO1.I. The molecule has 1 aromatic heterocycles. The first-order valence-electron chi connectivity index (χ1n) is 9.50. The Morgan fingerprint density at radius 1 is 1.38 bits per heavy atom. The van der Waals surface area contributed by atoms with Gasteiger partial charge < -0.3 is 15.4 Å². The fraction of sp³-hybridized carbons (Fsp3) is 0.737. The summed E-state index contributed by atoms with van der Waals surface area (Å²) in [5.41, 5.74) is -0.0370. The van der Waals surface area contributed by atoms with Crippen LogP contribution in [0.25, 0.3) is 0 Å². The Kier molecular flexibility index (Phi) is 9.12. The van der Waals surface area contributed by atoms with Crippen molar-refractivity contribution >= 4 is 41.3 Å². The molecule has 3 heterocycles. The largest absolute Gasteiger partial charge is 0.373 e. The van der Waals surface area contributed by atoms with Crippen molar-refractivity contribution in [1.82, 2.24) is 15.5 Å². The Morgan fingerprint density at radius 2 is 2.19 bits per heavy atom. The summed E-state index contributed by atoms with van der Waals surface area (Å²) < 4.78 is 5.83. The van der Waals surface area contributed by atoms with Crippen LogP contribution < -0.4 is 10.6 Å². The fourth-order valence-corrected chi connectivity index (χ4v) is 4.43. The number of hydrogen-bond acceptors (Lipinski definition) is 4. The van der Waals surface area contributed by atoms with Gasteiger partial charge in [-0.05, 0) is 63.1 Å². The highest BCUT2D eigenvalue weighted by molar-refractivity contribution is 14.0. The van der Waals surface area contributed by atoms with Crippen LogP contribution in [0.3, 0.4) is 0 Å². The summed E-state index contributed by atoms with van der Waals surface area (Å²) in [6, 6.07) is 4.38. The lowest BCUT2D eigenvalue weighted by molar-refractivity contribution is 0.0242. The zero-order valence-corrected chi connectivity index (χ0v) is 19.1. The van der Waals surface area contributed by atoms with Gasteiger partial charge >= 0.3 is 0 Å². The van der Waals surface area contributed by atoms with E-state index in [2.05, 4.69) is 45.0 Å². The molecule has 0 aliphatic carbocycles. The van der Waals surface area contributed by atoms with E-state index in [1.54, 1.807) is 0 Å². The summed E-state index contributed by atoms with van der Waals surface area (Å²) >= 11 is 1.86. The van der Waals surface area contributed by atoms with E-state index < -0.39 is 0 Å². The van der Waals surface area contributed by atoms with E-state index in [4.69, 9.17) is 4.74 Å². The van der Waals surface area contributed by atoms with Crippen molar-refractivity contribution in [3.8, 4) is 0 Å². The highest BCUT2D eigenvalue weighted by Crippen LogP contribution is 2.24. The molecule has 3 rings (SSSR count). The van der Waals surface area contributed by atoms with E-state index in [0.29, 0.717) is 0 Å². The number of aliphatic imine (C=N–C) groups is 1. The molecule has 1 unspecified atom stereocenters. The summed E-state index contributed by atoms with van der Waals surface area (Å²) in [5.74, 6) is 1.63. The third-order valence-corrected chi connectivity index (χ3v) is 6.24. The Morgan fingerprint density at radius 3 is 2.81 bits per heavy atom. The monoisotopic (exact) mass is 492 g/mol. The number of ether oxygens (including phenoxy) is 1. The van der Waals surface area contributed by atoms with Crippen molar-refractivity contribution in [1.29, 1.82) is 0 Å². The van der Waals surface area contributed by atoms with E-state index in [1.807, 2.05) is 18.4 Å². The summed E-state index contributed by atoms with van der Waals surface area (Å²) in [7, 11) is 1.84. The molecule has 2 fully saturated rings. The first-order valence-corrected chi connectivity index (χ1v) is 10.4. The van der Waals surface area contributed by atoms with Crippen LogP contribution in [0.2, 0.25) is 0 Å². The van der Waals surface area contributed by atoms with Crippen molar-refractivity contribution in [2.75, 3.05) is 39.8 Å². The number of hydrogen-bond donors (Lipinski definition) is 2. The van der Waals surface area contributed by atoms with Gasteiger partial charge in [-0.2, -0.15) is 0 Å². The van der Waals surface area contributed by atoms with Gasteiger partial charge in [0.2, 0.25) is 0 Å². The lowest BCUT2D eigenvalue weighted by atomic mass is 9.97. The van der Waals surface area contributed by atoms with Crippen LogP contribution in [0.1, 0.15) is 37.5 Å². The quantitative estimate of drug-likeness (QED) is 0.364. The molecule has 26 heavy (non-hydrogen) atoms. The maximum atomic E-state index is 5.83. The normalized spacial score (nSPS) is 25.1. The molecule has 0 saturated carbocycles. The van der Waals surface area contributed by atoms with E-state index in [0.717, 1.165) is 51.0 Å². The van der Waals surface area contributed by atoms with Crippen LogP contribution in [-0.4, -0.2) is 56.3 Å². The predicted molar refractivity (Wildman–Crippen MR) is 121 cm³/mol. The van der Waals surface area contributed by atoms with Gasteiger partial charge in [-0.25, -0.2) is 0 Å². The Labute approximate surface area is 179 Å². The second kappa shape index (κ2) is 10.8. The number of likely N-dealkylation sites (tertiary alicyclic amines) is 1. The number of piperidine rings is 1. The minimum atomic E-state index is -0.0370. The van der Waals surface area contributed by atoms with Crippen LogP contribution in [0, 0.1) is 5.92 Å². The van der Waals surface area contributed by atoms with E-state index >= 15 is 0 Å². The number of thiophene rings is 1. The maximum absolute atomic E-state index is 5.83. The van der Waals surface area contributed by atoms with Crippen LogP contribution in [0.5, 0.6) is 0 Å². The number of halogens is 1. The molecule has 2 aliphatic rings. The molecular formula is C19H33IN4OS. The van der Waals surface area contributed by atoms with E-state index in [9.17, 15) is 0 Å². The molecule has 148 valence electrons. The predicted octanol–water partition coefficient (Wildman–Crippen LogP) is 3.31. The van der Waals surface area contributed by atoms with Crippen molar-refractivity contribution in [3.63, 3.8) is 0 Å². The fourth-order valence-electron chi connectivity index (χ4n) is 3.68. The molecular weight excluding hydrogens is 459 g/mol. The molecule has 0 radical (unpaired) electrons. The lowest BCUT2D eigenvalue weighted by Crippen LogP contribution is -2.47. The summed E-state index contributed by atoms with van der Waals surface area (Å²) in [6.07, 6.45) is 4.81. The Bertz CT molecular complexity index is 538. The minimum absolute atomic E-state index is 0. The number of rotatable bonds is 6. The first-order chi connectivity index (χ1) is 12.2. The van der Waals surface area contributed by atoms with Gasteiger partial charge in [0, 0.05) is 38.2 Å². The van der Waals surface area contributed by atoms with E-state index in [1.165, 1.54) is 30.8 Å². The molecule has 1 aromatic rings. The molecule has 0 spiro atoms. The Hall–Kier alpha value is -0.380. The van der Waals surface area contributed by atoms with Gasteiger partial charge in [-0.15, -0.1) is 35.3 Å². The van der Waals surface area contributed by atoms with Gasteiger partial charge in [0.25, 0.3) is 0 Å². The topological polar surface area (TPSA) is 48.9 Å². The third kappa shape index (κ3) is 6.65. The number of guanidine groups is 1. The molecule has 7 heteroatoms. The number of nitrogens with zero attached hydrogens (tertiary/aromatic N) is 2. The summed E-state index contributed by atoms with van der Waals surface area (Å²) in [5, 5.41) is 9.11. The second-order valence-electron chi connectivity index (χ2n) is 7.51. The summed E-state index contributed by atoms with van der Waals surface area (Å²) in [4.78, 5) is 8.41. The van der Waals surface area contributed by atoms with Crippen LogP contribution in [0.4, 0.5) is 0 Å². The highest BCUT2D eigenvalue weighted by atomic mass is 127. The molecule has 5 nitrogen and oxygen atoms in total. The highest BCUT2D eigenvalue weighted by Gasteiger charge is 2.29. The molecule has 2 aliphatic heterocycles. The molecule has 2 N–H and O–H groups in total. The molecule has 2 saturated heterocycles. The maximum Gasteiger partial charge on any atom is 0.191 e. The molecule has 0 amide bonds. The summed E-state index contributed by atoms with van der Waals surface area (Å²) in [6.45, 7) is 8.40. The average molecular weight is 492 g/mol. The van der Waals surface area contributed by atoms with Crippen molar-refractivity contribution in [2.24, 2.45) is 10.9 Å². The van der Waals surface area contributed by atoms with Gasteiger partial charge in [0.05, 0.1) is 5.60 Å². The zero-order valence-electron chi connectivity index (χ0n) is 16.0. The van der Waals surface area contributed by atoms with Gasteiger partial charge in [-0.3, -0.25) is 9.89 Å². The van der Waals surface area contributed by atoms with Gasteiger partial charge in [-0.1, -0.05) is 6.07 Å². The molecule has 0 aromatic carbocycles. The third-order valence-electron chi connectivity index (χ3n) is 5.38. The van der Waals surface area contributed by atoms with Crippen LogP contribution >= 0.6 is 35.3 Å². The smallest absolute Gasteiger partial charge is 0.191 e. The second-order valence-corrected chi connectivity index (χ2v) is 8.54. The minimum Gasteiger partial charge on any atom is -0.373 e. The lowest BCUT2D eigenvalue weighted by Gasteiger charge is -2.32. The number of nitrogens with one attached hydrogen (secondary N) is 2. The zero-order chi connectivity index (χ0) is 17.5. The average Bonchev–Trinajstić information content (AvgIpc) is 3.29. The molecule has 0 bridgehead atoms. The van der Waals surface area contributed by atoms with Crippen molar-refractivity contribution < 1.29 is 4.74 Å². The van der Waals surface area contributed by atoms with E-state index in [-0.39, 0.29) is 29.6 Å². The van der Waals surface area contributed by atoms with Gasteiger partial charge in [0.1, 0.15) is 0 Å². The van der Waals surface area contributed by atoms with Crippen LogP contribution in [0.15, 0.2) is 22.5 Å². The van der Waals surface area contributed by atoms with Crippen molar-refractivity contribution in [3.05, 3.63) is 22.4 Å². The molecule has 1 atom stereocenters. The first kappa shape index (κ1) is 21.9.